The van der Waals surface area contributed by atoms with Gasteiger partial charge in [0.15, 0.2) is 0 Å². The van der Waals surface area contributed by atoms with Gasteiger partial charge in [0, 0.05) is 38.1 Å². The molecule has 5 rings (SSSR count). The number of piperidine rings is 1. The summed E-state index contributed by atoms with van der Waals surface area (Å²) >= 11 is 0. The Morgan fingerprint density at radius 2 is 1.90 bits per heavy atom. The van der Waals surface area contributed by atoms with Crippen LogP contribution >= 0.6 is 12.4 Å². The second-order valence-electron chi connectivity index (χ2n) is 8.36. The highest BCUT2D eigenvalue weighted by Gasteiger charge is 2.47. The molecule has 2 aromatic rings. The van der Waals surface area contributed by atoms with E-state index in [9.17, 15) is 9.59 Å². The van der Waals surface area contributed by atoms with Gasteiger partial charge in [-0.15, -0.1) is 12.4 Å². The van der Waals surface area contributed by atoms with Crippen molar-refractivity contribution in [2.45, 2.75) is 31.2 Å². The molecule has 154 valence electrons. The third-order valence-electron chi connectivity index (χ3n) is 6.61. The maximum Gasteiger partial charge on any atom is 0.236 e. The topological polar surface area (TPSA) is 52.7 Å². The summed E-state index contributed by atoms with van der Waals surface area (Å²) in [5.41, 5.74) is 1.31. The molecule has 2 saturated heterocycles. The van der Waals surface area contributed by atoms with Gasteiger partial charge in [-0.1, -0.05) is 42.5 Å². The van der Waals surface area contributed by atoms with Crippen molar-refractivity contribution in [2.24, 2.45) is 5.92 Å². The van der Waals surface area contributed by atoms with Crippen LogP contribution in [-0.2, 0) is 9.59 Å². The summed E-state index contributed by atoms with van der Waals surface area (Å²) in [6.07, 6.45) is 2.94. The van der Waals surface area contributed by atoms with Crippen LogP contribution in [0.4, 0.5) is 0 Å². The van der Waals surface area contributed by atoms with E-state index in [0.29, 0.717) is 19.0 Å². The lowest BCUT2D eigenvalue weighted by atomic mass is 9.99. The summed E-state index contributed by atoms with van der Waals surface area (Å²) in [5, 5.41) is 5.65. The first kappa shape index (κ1) is 20.2. The van der Waals surface area contributed by atoms with E-state index in [1.54, 1.807) is 0 Å². The Kier molecular flexibility index (Phi) is 5.79. The van der Waals surface area contributed by atoms with Crippen LogP contribution < -0.4 is 5.32 Å². The van der Waals surface area contributed by atoms with E-state index in [2.05, 4.69) is 47.8 Å². The number of nitrogens with zero attached hydrogens (tertiary/aromatic N) is 2. The monoisotopic (exact) mass is 413 g/mol. The van der Waals surface area contributed by atoms with Crippen molar-refractivity contribution in [2.75, 3.05) is 32.7 Å². The number of benzene rings is 2. The molecule has 0 bridgehead atoms. The minimum Gasteiger partial charge on any atom is -0.340 e. The van der Waals surface area contributed by atoms with Crippen LogP contribution in [0.15, 0.2) is 42.5 Å². The highest BCUT2D eigenvalue weighted by atomic mass is 35.5. The third-order valence-corrected chi connectivity index (χ3v) is 6.61. The normalized spacial score (nSPS) is 26.9. The van der Waals surface area contributed by atoms with Crippen LogP contribution in [0.3, 0.4) is 0 Å². The van der Waals surface area contributed by atoms with Crippen molar-refractivity contribution >= 4 is 35.0 Å². The van der Waals surface area contributed by atoms with Crippen LogP contribution in [0, 0.1) is 5.92 Å². The summed E-state index contributed by atoms with van der Waals surface area (Å²) in [6.45, 7) is 3.56. The zero-order valence-electron chi connectivity index (χ0n) is 16.5. The maximum absolute atomic E-state index is 13.2. The predicted octanol–water partition coefficient (Wildman–Crippen LogP) is 2.79. The van der Waals surface area contributed by atoms with Gasteiger partial charge < -0.3 is 15.1 Å². The van der Waals surface area contributed by atoms with Crippen LogP contribution in [-0.4, -0.2) is 60.4 Å². The first-order chi connectivity index (χ1) is 13.7. The third kappa shape index (κ3) is 3.86. The number of likely N-dealkylation sites (tertiary alicyclic amines) is 1. The SMILES string of the molecule is Cl.O=C(C1CC1c1cccc2ccccc12)N1CCCC(N2CCNCC2=O)C1. The van der Waals surface area contributed by atoms with Gasteiger partial charge in [0.1, 0.15) is 0 Å². The fourth-order valence-corrected chi connectivity index (χ4v) is 5.04. The number of fused-ring (bicyclic) bond motifs is 1. The Morgan fingerprint density at radius 3 is 2.76 bits per heavy atom. The fraction of sp³-hybridized carbons (Fsp3) is 0.478. The van der Waals surface area contributed by atoms with E-state index in [-0.39, 0.29) is 36.2 Å². The molecule has 2 amide bonds. The van der Waals surface area contributed by atoms with E-state index in [0.717, 1.165) is 38.9 Å². The smallest absolute Gasteiger partial charge is 0.236 e. The minimum absolute atomic E-state index is 0. The molecular formula is C23H28ClN3O2. The summed E-state index contributed by atoms with van der Waals surface area (Å²) in [5.74, 6) is 0.888. The standard InChI is InChI=1S/C23H27N3O2.ClH/c27-22-14-24-10-12-26(22)17-7-4-11-25(15-17)23(28)21-13-20(21)19-9-3-6-16-5-1-2-8-18(16)19;/h1-3,5-6,8-9,17,20-21,24H,4,7,10-15H2;1H. The predicted molar refractivity (Wildman–Crippen MR) is 116 cm³/mol. The molecule has 3 aliphatic rings. The molecule has 1 N–H and O–H groups in total. The number of hydrogen-bond acceptors (Lipinski definition) is 3. The van der Waals surface area contributed by atoms with E-state index in [1.807, 2.05) is 9.80 Å². The van der Waals surface area contributed by atoms with Gasteiger partial charge >= 0.3 is 0 Å². The van der Waals surface area contributed by atoms with Gasteiger partial charge in [0.2, 0.25) is 11.8 Å². The molecule has 3 unspecified atom stereocenters. The largest absolute Gasteiger partial charge is 0.340 e. The molecule has 6 heteroatoms. The van der Waals surface area contributed by atoms with Crippen molar-refractivity contribution in [1.82, 2.24) is 15.1 Å². The molecule has 1 aliphatic carbocycles. The number of nitrogens with one attached hydrogen (secondary N) is 1. The first-order valence-corrected chi connectivity index (χ1v) is 10.5. The fourth-order valence-electron chi connectivity index (χ4n) is 5.04. The van der Waals surface area contributed by atoms with Crippen LogP contribution in [0.2, 0.25) is 0 Å². The van der Waals surface area contributed by atoms with Gasteiger partial charge in [-0.05, 0) is 41.5 Å². The lowest BCUT2D eigenvalue weighted by Crippen LogP contribution is -2.57. The quantitative estimate of drug-likeness (QED) is 0.841. The Balaban J connectivity index is 0.00000205. The molecule has 29 heavy (non-hydrogen) atoms. The molecule has 0 spiro atoms. The summed E-state index contributed by atoms with van der Waals surface area (Å²) < 4.78 is 0. The van der Waals surface area contributed by atoms with Crippen molar-refractivity contribution in [1.29, 1.82) is 0 Å². The van der Waals surface area contributed by atoms with Crippen molar-refractivity contribution < 1.29 is 9.59 Å². The molecule has 1 saturated carbocycles. The lowest BCUT2D eigenvalue weighted by molar-refractivity contribution is -0.141. The van der Waals surface area contributed by atoms with Crippen LogP contribution in [0.1, 0.15) is 30.7 Å². The second-order valence-corrected chi connectivity index (χ2v) is 8.36. The first-order valence-electron chi connectivity index (χ1n) is 10.5. The lowest BCUT2D eigenvalue weighted by Gasteiger charge is -2.41. The average molecular weight is 414 g/mol. The van der Waals surface area contributed by atoms with Crippen LogP contribution in [0.25, 0.3) is 10.8 Å². The van der Waals surface area contributed by atoms with Gasteiger partial charge in [-0.25, -0.2) is 0 Å². The van der Waals surface area contributed by atoms with Crippen LogP contribution in [0.5, 0.6) is 0 Å². The number of rotatable bonds is 3. The van der Waals surface area contributed by atoms with E-state index >= 15 is 0 Å². The summed E-state index contributed by atoms with van der Waals surface area (Å²) in [7, 11) is 0. The Labute approximate surface area is 177 Å². The molecule has 5 nitrogen and oxygen atoms in total. The zero-order valence-corrected chi connectivity index (χ0v) is 17.4. The van der Waals surface area contributed by atoms with Gasteiger partial charge in [0.25, 0.3) is 0 Å². The average Bonchev–Trinajstić information content (AvgIpc) is 3.54. The molecule has 2 aromatic carbocycles. The van der Waals surface area contributed by atoms with E-state index in [4.69, 9.17) is 0 Å². The Morgan fingerprint density at radius 1 is 1.07 bits per heavy atom. The Bertz CT molecular complexity index is 913. The highest BCUT2D eigenvalue weighted by Crippen LogP contribution is 2.50. The molecule has 2 aliphatic heterocycles. The number of piperazine rings is 1. The molecule has 2 heterocycles. The zero-order chi connectivity index (χ0) is 19.1. The second kappa shape index (κ2) is 8.33. The van der Waals surface area contributed by atoms with Gasteiger partial charge in [-0.2, -0.15) is 0 Å². The summed E-state index contributed by atoms with van der Waals surface area (Å²) in [6, 6.07) is 15.0. The minimum atomic E-state index is 0. The number of amides is 2. The van der Waals surface area contributed by atoms with E-state index in [1.165, 1.54) is 16.3 Å². The molecular weight excluding hydrogens is 386 g/mol. The summed E-state index contributed by atoms with van der Waals surface area (Å²) in [4.78, 5) is 29.5. The molecule has 3 fully saturated rings. The molecule has 0 radical (unpaired) electrons. The number of carbonyl (C=O) groups excluding carboxylic acids is 2. The van der Waals surface area contributed by atoms with Crippen molar-refractivity contribution in [3.05, 3.63) is 48.0 Å². The molecule has 3 atom stereocenters. The van der Waals surface area contributed by atoms with Crippen molar-refractivity contribution in [3.63, 3.8) is 0 Å². The highest BCUT2D eigenvalue weighted by molar-refractivity contribution is 5.89. The maximum atomic E-state index is 13.2. The number of halogens is 1. The number of hydrogen-bond donors (Lipinski definition) is 1. The van der Waals surface area contributed by atoms with E-state index < -0.39 is 0 Å². The van der Waals surface area contributed by atoms with Gasteiger partial charge in [0.05, 0.1) is 6.54 Å². The number of carbonyl (C=O) groups is 2. The Hall–Kier alpha value is -2.11. The van der Waals surface area contributed by atoms with Crippen molar-refractivity contribution in [3.8, 4) is 0 Å². The molecule has 0 aromatic heterocycles. The van der Waals surface area contributed by atoms with Gasteiger partial charge in [-0.3, -0.25) is 9.59 Å².